The van der Waals surface area contributed by atoms with E-state index >= 15 is 0 Å². The quantitative estimate of drug-likeness (QED) is 0.435. The van der Waals surface area contributed by atoms with Crippen LogP contribution in [0.5, 0.6) is 0 Å². The first-order valence-corrected chi connectivity index (χ1v) is 11.3. The number of halogens is 3. The topological polar surface area (TPSA) is 114 Å². The summed E-state index contributed by atoms with van der Waals surface area (Å²) >= 11 is 0. The minimum atomic E-state index is -4.58. The maximum Gasteiger partial charge on any atom is 0.416 e. The number of aryl methyl sites for hydroxylation is 1. The predicted molar refractivity (Wildman–Crippen MR) is 129 cm³/mol. The number of fused-ring (bicyclic) bond motifs is 3. The maximum atomic E-state index is 13.0. The highest BCUT2D eigenvalue weighted by Crippen LogP contribution is 2.39. The first kappa shape index (κ1) is 24.1. The van der Waals surface area contributed by atoms with Crippen molar-refractivity contribution in [1.82, 2.24) is 19.5 Å². The van der Waals surface area contributed by atoms with E-state index < -0.39 is 23.6 Å². The summed E-state index contributed by atoms with van der Waals surface area (Å²) in [5, 5.41) is 5.99. The normalized spacial score (nSPS) is 13.4. The predicted octanol–water partition coefficient (Wildman–Crippen LogP) is 3.90. The third kappa shape index (κ3) is 4.77. The molecule has 0 atom stereocenters. The molecule has 0 saturated carbocycles. The molecule has 2 N–H and O–H groups in total. The van der Waals surface area contributed by atoms with Crippen LogP contribution in [-0.2, 0) is 17.5 Å². The summed E-state index contributed by atoms with van der Waals surface area (Å²) in [6.07, 6.45) is -2.03. The molecule has 0 saturated heterocycles. The zero-order valence-electron chi connectivity index (χ0n) is 19.7. The Morgan fingerprint density at radius 2 is 1.92 bits per heavy atom. The molecule has 12 heteroatoms. The van der Waals surface area contributed by atoms with Crippen LogP contribution in [0.15, 0.2) is 53.8 Å². The molecule has 1 aromatic heterocycles. The van der Waals surface area contributed by atoms with Crippen LogP contribution in [0, 0.1) is 6.92 Å². The van der Waals surface area contributed by atoms with Crippen molar-refractivity contribution >= 4 is 23.3 Å². The van der Waals surface area contributed by atoms with Gasteiger partial charge in [0.25, 0.3) is 11.5 Å². The number of anilines is 2. The summed E-state index contributed by atoms with van der Waals surface area (Å²) in [5.41, 5.74) is 2.45. The van der Waals surface area contributed by atoms with Gasteiger partial charge in [0.1, 0.15) is 17.3 Å². The second-order valence-corrected chi connectivity index (χ2v) is 8.48. The Bertz CT molecular complexity index is 1590. The molecule has 0 bridgehead atoms. The first-order valence-electron chi connectivity index (χ1n) is 11.3. The van der Waals surface area contributed by atoms with Gasteiger partial charge in [-0.3, -0.25) is 14.6 Å². The number of hydrogen-bond donors (Lipinski definition) is 2. The van der Waals surface area contributed by atoms with Crippen molar-refractivity contribution in [3.8, 4) is 22.5 Å². The van der Waals surface area contributed by atoms with Crippen LogP contribution in [0.3, 0.4) is 0 Å². The van der Waals surface area contributed by atoms with Gasteiger partial charge in [-0.15, -0.1) is 0 Å². The number of amides is 2. The fraction of sp³-hybridized carbons (Fsp3) is 0.200. The van der Waals surface area contributed by atoms with E-state index in [0.29, 0.717) is 30.7 Å². The highest BCUT2D eigenvalue weighted by Gasteiger charge is 2.31. The van der Waals surface area contributed by atoms with E-state index in [1.54, 1.807) is 18.3 Å². The summed E-state index contributed by atoms with van der Waals surface area (Å²) in [6.45, 7) is 4.53. The molecule has 2 amide bonds. The Morgan fingerprint density at radius 1 is 1.11 bits per heavy atom. The van der Waals surface area contributed by atoms with Gasteiger partial charge in [0, 0.05) is 49.2 Å². The number of carbonyl (C=O) groups is 2. The largest absolute Gasteiger partial charge is 0.416 e. The summed E-state index contributed by atoms with van der Waals surface area (Å²) in [4.78, 5) is 40.3. The van der Waals surface area contributed by atoms with Gasteiger partial charge < -0.3 is 15.2 Å². The lowest BCUT2D eigenvalue weighted by atomic mass is 9.98. The lowest BCUT2D eigenvalue weighted by Crippen LogP contribution is -2.19. The van der Waals surface area contributed by atoms with Crippen LogP contribution in [0.25, 0.3) is 22.5 Å². The van der Waals surface area contributed by atoms with Gasteiger partial charge >= 0.3 is 6.18 Å². The zero-order chi connectivity index (χ0) is 26.3. The number of hydrogen-bond acceptors (Lipinski definition) is 6. The molecular formula is C25H20F3N7O2. The van der Waals surface area contributed by atoms with Gasteiger partial charge in [0.15, 0.2) is 0 Å². The van der Waals surface area contributed by atoms with Gasteiger partial charge in [-0.1, -0.05) is 6.07 Å². The molecule has 0 unspecified atom stereocenters. The van der Waals surface area contributed by atoms with Crippen LogP contribution in [0.4, 0.5) is 24.7 Å². The average molecular weight is 507 g/mol. The fourth-order valence-electron chi connectivity index (χ4n) is 4.18. The Balaban J connectivity index is 1.54. The van der Waals surface area contributed by atoms with E-state index in [-0.39, 0.29) is 11.3 Å². The van der Waals surface area contributed by atoms with Gasteiger partial charge in [-0.2, -0.15) is 23.1 Å². The maximum absolute atomic E-state index is 13.0. The van der Waals surface area contributed by atoms with Crippen molar-refractivity contribution in [2.45, 2.75) is 26.6 Å². The number of benzene rings is 1. The molecule has 5 rings (SSSR count). The third-order valence-electron chi connectivity index (χ3n) is 5.85. The zero-order valence-corrected chi connectivity index (χ0v) is 19.7. The average Bonchev–Trinajstić information content (AvgIpc) is 3.35. The number of alkyl halides is 3. The van der Waals surface area contributed by atoms with Crippen LogP contribution < -0.4 is 16.3 Å². The summed E-state index contributed by atoms with van der Waals surface area (Å²) in [6, 6.07) is 8.67. The van der Waals surface area contributed by atoms with E-state index in [9.17, 15) is 22.8 Å². The SMILES string of the molecule is CC(=O)N=c1ncc2cc(-c3cc(NC(=O)c4cc(C(F)(F)F)ccn4)ccc3C)c3n(c-2n1)CCN3. The van der Waals surface area contributed by atoms with Gasteiger partial charge in [-0.25, -0.2) is 4.98 Å². The number of aromatic nitrogens is 4. The van der Waals surface area contributed by atoms with E-state index in [2.05, 4.69) is 30.6 Å². The van der Waals surface area contributed by atoms with Crippen LogP contribution >= 0.6 is 0 Å². The molecule has 3 aliphatic heterocycles. The van der Waals surface area contributed by atoms with Crippen molar-refractivity contribution < 1.29 is 22.8 Å². The van der Waals surface area contributed by atoms with Crippen LogP contribution in [0.2, 0.25) is 0 Å². The first-order chi connectivity index (χ1) is 17.6. The molecule has 0 fully saturated rings. The van der Waals surface area contributed by atoms with E-state index in [4.69, 9.17) is 0 Å². The second-order valence-electron chi connectivity index (χ2n) is 8.48. The molecular weight excluding hydrogens is 487 g/mol. The summed E-state index contributed by atoms with van der Waals surface area (Å²) in [7, 11) is 0. The lowest BCUT2D eigenvalue weighted by Gasteiger charge is -2.19. The monoisotopic (exact) mass is 507 g/mol. The smallest absolute Gasteiger partial charge is 0.369 e. The molecule has 2 aromatic rings. The van der Waals surface area contributed by atoms with E-state index in [0.717, 1.165) is 40.3 Å². The lowest BCUT2D eigenvalue weighted by molar-refractivity contribution is -0.137. The third-order valence-corrected chi connectivity index (χ3v) is 5.85. The molecule has 188 valence electrons. The minimum absolute atomic E-state index is 0.0819. The molecule has 1 aromatic carbocycles. The molecule has 0 spiro atoms. The second kappa shape index (κ2) is 9.12. The Morgan fingerprint density at radius 3 is 2.68 bits per heavy atom. The fourth-order valence-corrected chi connectivity index (χ4v) is 4.18. The molecule has 0 radical (unpaired) electrons. The molecule has 0 aliphatic carbocycles. The minimum Gasteiger partial charge on any atom is -0.369 e. The Hall–Kier alpha value is -4.61. The standard InChI is InChI=1S/C25H20F3N7O2/c1-13-3-4-17(33-23(37)20-10-16(5-6-29-20)25(26,27)28)11-18(13)19-9-15-12-31-24(32-14(2)36)34-21(15)35-8-7-30-22(19)35/h3-6,9-12,30H,7-8H2,1-2H3,(H,33,37). The van der Waals surface area contributed by atoms with Crippen LogP contribution in [-0.4, -0.2) is 37.9 Å². The number of nitrogens with zero attached hydrogens (tertiary/aromatic N) is 5. The number of carbonyl (C=O) groups excluding carboxylic acids is 2. The Labute approximate surface area is 208 Å². The molecule has 3 aliphatic rings. The van der Waals surface area contributed by atoms with Gasteiger partial charge in [-0.05, 0) is 48.4 Å². The molecule has 4 heterocycles. The van der Waals surface area contributed by atoms with Crippen molar-refractivity contribution in [1.29, 1.82) is 0 Å². The number of nitrogens with one attached hydrogen (secondary N) is 2. The summed E-state index contributed by atoms with van der Waals surface area (Å²) < 4.78 is 41.1. The van der Waals surface area contributed by atoms with E-state index in [1.807, 2.05) is 23.6 Å². The van der Waals surface area contributed by atoms with Crippen molar-refractivity contribution in [3.05, 3.63) is 71.2 Å². The van der Waals surface area contributed by atoms with E-state index in [1.165, 1.54) is 6.92 Å². The van der Waals surface area contributed by atoms with Gasteiger partial charge in [0.2, 0.25) is 5.91 Å². The van der Waals surface area contributed by atoms with Crippen molar-refractivity contribution in [3.63, 3.8) is 0 Å². The number of rotatable bonds is 3. The van der Waals surface area contributed by atoms with Crippen molar-refractivity contribution in [2.75, 3.05) is 17.2 Å². The highest BCUT2D eigenvalue weighted by molar-refractivity contribution is 6.03. The molecule has 37 heavy (non-hydrogen) atoms. The highest BCUT2D eigenvalue weighted by atomic mass is 19.4. The number of pyridine rings is 2. The van der Waals surface area contributed by atoms with Gasteiger partial charge in [0.05, 0.1) is 5.56 Å². The van der Waals surface area contributed by atoms with Crippen molar-refractivity contribution in [2.24, 2.45) is 4.99 Å². The van der Waals surface area contributed by atoms with Crippen LogP contribution in [0.1, 0.15) is 28.5 Å². The summed E-state index contributed by atoms with van der Waals surface area (Å²) in [5.74, 6) is 0.264. The Kier molecular flexibility index (Phi) is 5.94. The molecule has 9 nitrogen and oxygen atoms in total.